The predicted molar refractivity (Wildman–Crippen MR) is 139 cm³/mol. The van der Waals surface area contributed by atoms with Gasteiger partial charge in [0.05, 0.1) is 41.0 Å². The first-order valence-corrected chi connectivity index (χ1v) is 11.6. The molecule has 0 aliphatic carbocycles. The van der Waals surface area contributed by atoms with Crippen LogP contribution in [0.25, 0.3) is 55.6 Å². The van der Waals surface area contributed by atoms with E-state index in [1.807, 2.05) is 57.0 Å². The summed E-state index contributed by atoms with van der Waals surface area (Å²) in [6, 6.07) is 10.1. The normalized spacial score (nSPS) is 11.5. The van der Waals surface area contributed by atoms with Crippen LogP contribution in [-0.4, -0.2) is 67.3 Å². The Morgan fingerprint density at radius 1 is 0.861 bits per heavy atom. The van der Waals surface area contributed by atoms with Crippen LogP contribution in [0.1, 0.15) is 0 Å². The van der Waals surface area contributed by atoms with Gasteiger partial charge in [0.1, 0.15) is 18.1 Å². The minimum atomic E-state index is 0.590. The summed E-state index contributed by atoms with van der Waals surface area (Å²) in [5.41, 5.74) is 7.20. The molecule has 0 atom stereocenters. The Morgan fingerprint density at radius 3 is 2.61 bits per heavy atom. The van der Waals surface area contributed by atoms with Gasteiger partial charge in [0, 0.05) is 58.8 Å². The van der Waals surface area contributed by atoms with Gasteiger partial charge in [-0.05, 0) is 38.4 Å². The monoisotopic (exact) mass is 476 g/mol. The molecule has 9 heteroatoms. The lowest BCUT2D eigenvalue weighted by atomic mass is 10.1. The summed E-state index contributed by atoms with van der Waals surface area (Å²) >= 11 is 0. The number of rotatable bonds is 7. The van der Waals surface area contributed by atoms with E-state index in [2.05, 4.69) is 46.1 Å². The van der Waals surface area contributed by atoms with E-state index in [-0.39, 0.29) is 0 Å². The lowest BCUT2D eigenvalue weighted by molar-refractivity contribution is 0.261. The van der Waals surface area contributed by atoms with E-state index in [1.165, 1.54) is 0 Å². The molecule has 0 aromatic carbocycles. The second kappa shape index (κ2) is 9.20. The van der Waals surface area contributed by atoms with Gasteiger partial charge in [-0.2, -0.15) is 5.10 Å². The van der Waals surface area contributed by atoms with Crippen molar-refractivity contribution in [3.63, 3.8) is 0 Å². The van der Waals surface area contributed by atoms with Crippen LogP contribution in [-0.2, 0) is 0 Å². The van der Waals surface area contributed by atoms with Gasteiger partial charge >= 0.3 is 0 Å². The zero-order valence-corrected chi connectivity index (χ0v) is 19.9. The summed E-state index contributed by atoms with van der Waals surface area (Å²) in [4.78, 5) is 23.2. The van der Waals surface area contributed by atoms with Crippen LogP contribution in [0, 0.1) is 0 Å². The second-order valence-electron chi connectivity index (χ2n) is 8.82. The Kier molecular flexibility index (Phi) is 5.59. The SMILES string of the molecule is CN(C)CCOc1cncc(-c2cc3c(-c4cc5c(-c6cccnc6)cncc5[nH]4)n[nH]c3cn2)c1. The number of hydrogen-bond donors (Lipinski definition) is 2. The summed E-state index contributed by atoms with van der Waals surface area (Å²) in [5.74, 6) is 0.717. The fraction of sp³-hybridized carbons (Fsp3) is 0.148. The molecular weight excluding hydrogens is 452 g/mol. The highest BCUT2D eigenvalue weighted by Crippen LogP contribution is 2.34. The van der Waals surface area contributed by atoms with Crippen LogP contribution in [0.15, 0.2) is 73.7 Å². The highest BCUT2D eigenvalue weighted by atomic mass is 16.5. The number of pyridine rings is 4. The van der Waals surface area contributed by atoms with Crippen molar-refractivity contribution in [2.45, 2.75) is 0 Å². The number of aromatic nitrogens is 7. The minimum Gasteiger partial charge on any atom is -0.491 e. The molecule has 2 N–H and O–H groups in total. The second-order valence-corrected chi connectivity index (χ2v) is 8.82. The topological polar surface area (TPSA) is 109 Å². The van der Waals surface area contributed by atoms with Crippen LogP contribution >= 0.6 is 0 Å². The third-order valence-electron chi connectivity index (χ3n) is 6.04. The molecule has 0 aliphatic heterocycles. The van der Waals surface area contributed by atoms with Gasteiger partial charge in [-0.25, -0.2) is 0 Å². The molecular formula is C27H24N8O. The van der Waals surface area contributed by atoms with Gasteiger partial charge in [0.15, 0.2) is 0 Å². The van der Waals surface area contributed by atoms with Crippen molar-refractivity contribution in [1.82, 2.24) is 40.0 Å². The molecule has 0 radical (unpaired) electrons. The number of H-pyrrole nitrogens is 2. The van der Waals surface area contributed by atoms with Crippen LogP contribution in [0.5, 0.6) is 5.75 Å². The van der Waals surface area contributed by atoms with Gasteiger partial charge in [-0.15, -0.1) is 0 Å². The summed E-state index contributed by atoms with van der Waals surface area (Å²) in [7, 11) is 4.03. The summed E-state index contributed by atoms with van der Waals surface area (Å²) in [5, 5.41) is 9.72. The van der Waals surface area contributed by atoms with E-state index in [0.29, 0.717) is 6.61 Å². The lowest BCUT2D eigenvalue weighted by Gasteiger charge is -2.11. The Bertz CT molecular complexity index is 1660. The molecule has 0 bridgehead atoms. The van der Waals surface area contributed by atoms with E-state index >= 15 is 0 Å². The van der Waals surface area contributed by atoms with Crippen LogP contribution in [0.3, 0.4) is 0 Å². The molecule has 0 aliphatic rings. The van der Waals surface area contributed by atoms with Gasteiger partial charge in [-0.1, -0.05) is 6.07 Å². The fourth-order valence-corrected chi connectivity index (χ4v) is 4.19. The van der Waals surface area contributed by atoms with Crippen LogP contribution < -0.4 is 4.74 Å². The third-order valence-corrected chi connectivity index (χ3v) is 6.04. The summed E-state index contributed by atoms with van der Waals surface area (Å²) < 4.78 is 5.86. The molecule has 6 heterocycles. The number of aromatic amines is 2. The van der Waals surface area contributed by atoms with Crippen molar-refractivity contribution in [3.8, 4) is 39.5 Å². The van der Waals surface area contributed by atoms with Crippen LogP contribution in [0.4, 0.5) is 0 Å². The molecule has 0 saturated heterocycles. The molecule has 9 nitrogen and oxygen atoms in total. The molecule has 0 saturated carbocycles. The van der Waals surface area contributed by atoms with Crippen molar-refractivity contribution in [2.75, 3.05) is 27.2 Å². The highest BCUT2D eigenvalue weighted by Gasteiger charge is 2.15. The van der Waals surface area contributed by atoms with E-state index < -0.39 is 0 Å². The largest absolute Gasteiger partial charge is 0.491 e. The Balaban J connectivity index is 1.38. The molecule has 6 rings (SSSR count). The number of likely N-dealkylation sites (N-methyl/N-ethyl adjacent to an activating group) is 1. The molecule has 178 valence electrons. The fourth-order valence-electron chi connectivity index (χ4n) is 4.19. The molecule has 6 aromatic heterocycles. The zero-order valence-electron chi connectivity index (χ0n) is 19.9. The highest BCUT2D eigenvalue weighted by molar-refractivity contribution is 6.00. The number of hydrogen-bond acceptors (Lipinski definition) is 7. The molecule has 0 amide bonds. The number of nitrogens with zero attached hydrogens (tertiary/aromatic N) is 6. The smallest absolute Gasteiger partial charge is 0.138 e. The first kappa shape index (κ1) is 21.9. The maximum atomic E-state index is 5.86. The average Bonchev–Trinajstić information content (AvgIpc) is 3.53. The summed E-state index contributed by atoms with van der Waals surface area (Å²) in [6.07, 6.45) is 12.6. The standard InChI is InChI=1S/C27H24N8O/c1-35(2)6-7-36-19-8-18(12-29-13-19)23-10-21-26(16-31-23)33-34-27(21)24-9-20-22(14-30-15-25(20)32-24)17-4-3-5-28-11-17/h3-5,8-16,32H,6-7H2,1-2H3,(H,33,34). The predicted octanol–water partition coefficient (Wildman–Crippen LogP) is 4.57. The van der Waals surface area contributed by atoms with Gasteiger partial charge < -0.3 is 14.6 Å². The van der Waals surface area contributed by atoms with Crippen LogP contribution in [0.2, 0.25) is 0 Å². The average molecular weight is 477 g/mol. The van der Waals surface area contributed by atoms with E-state index in [4.69, 9.17) is 4.74 Å². The number of nitrogens with one attached hydrogen (secondary N) is 2. The quantitative estimate of drug-likeness (QED) is 0.348. The Hall–Kier alpha value is -4.63. The maximum absolute atomic E-state index is 5.86. The van der Waals surface area contributed by atoms with Gasteiger partial charge in [0.25, 0.3) is 0 Å². The van der Waals surface area contributed by atoms with E-state index in [0.717, 1.165) is 67.9 Å². The lowest BCUT2D eigenvalue weighted by Crippen LogP contribution is -2.19. The first-order valence-electron chi connectivity index (χ1n) is 11.6. The van der Waals surface area contributed by atoms with Gasteiger partial charge in [0.2, 0.25) is 0 Å². The minimum absolute atomic E-state index is 0.590. The Morgan fingerprint density at radius 2 is 1.75 bits per heavy atom. The zero-order chi connectivity index (χ0) is 24.5. The maximum Gasteiger partial charge on any atom is 0.138 e. The first-order chi connectivity index (χ1) is 17.7. The number of ether oxygens (including phenoxy) is 1. The molecule has 6 aromatic rings. The summed E-state index contributed by atoms with van der Waals surface area (Å²) in [6.45, 7) is 1.42. The molecule has 0 fully saturated rings. The van der Waals surface area contributed by atoms with Crippen molar-refractivity contribution in [3.05, 3.63) is 73.7 Å². The van der Waals surface area contributed by atoms with Crippen molar-refractivity contribution >= 4 is 21.8 Å². The third kappa shape index (κ3) is 4.16. The van der Waals surface area contributed by atoms with Gasteiger partial charge in [-0.3, -0.25) is 25.0 Å². The Labute approximate surface area is 207 Å². The molecule has 36 heavy (non-hydrogen) atoms. The number of fused-ring (bicyclic) bond motifs is 2. The van der Waals surface area contributed by atoms with Crippen molar-refractivity contribution in [1.29, 1.82) is 0 Å². The molecule has 0 unspecified atom stereocenters. The van der Waals surface area contributed by atoms with Crippen molar-refractivity contribution in [2.24, 2.45) is 0 Å². The van der Waals surface area contributed by atoms with E-state index in [9.17, 15) is 0 Å². The molecule has 0 spiro atoms. The van der Waals surface area contributed by atoms with Crippen molar-refractivity contribution < 1.29 is 4.74 Å². The van der Waals surface area contributed by atoms with E-state index in [1.54, 1.807) is 24.8 Å².